The van der Waals surface area contributed by atoms with Gasteiger partial charge in [0.1, 0.15) is 0 Å². The van der Waals surface area contributed by atoms with Crippen LogP contribution in [-0.4, -0.2) is 53.3 Å². The molecule has 2 aliphatic heterocycles. The number of hydrogen-bond acceptors (Lipinski definition) is 3. The molecule has 2 saturated heterocycles. The number of nitrogens with zero attached hydrogens (tertiary/aromatic N) is 2. The molecule has 5 nitrogen and oxygen atoms in total. The minimum absolute atomic E-state index is 0.127. The minimum Gasteiger partial charge on any atom is -0.342 e. The number of carbonyl (C=O) groups excluding carboxylic acids is 2. The smallest absolute Gasteiger partial charge is 0.228 e. The van der Waals surface area contributed by atoms with Crippen molar-refractivity contribution in [1.29, 1.82) is 0 Å². The van der Waals surface area contributed by atoms with Crippen LogP contribution in [-0.2, 0) is 9.59 Å². The zero-order valence-corrected chi connectivity index (χ0v) is 14.3. The van der Waals surface area contributed by atoms with Crippen LogP contribution in [0.15, 0.2) is 0 Å². The Balaban J connectivity index is 1.97. The molecule has 0 aliphatic carbocycles. The Labute approximate surface area is 134 Å². The summed E-state index contributed by atoms with van der Waals surface area (Å²) in [6.07, 6.45) is 4.42. The zero-order valence-electron chi connectivity index (χ0n) is 14.3. The third-order valence-electron chi connectivity index (χ3n) is 5.40. The standard InChI is InChI=1S/C17H31N3O2/c1-4-15(5-2)20-11-14(9-16(20)21)17(22)19-8-6-7-13(10-19)12(3)18/h12-15H,4-11,18H2,1-3H3. The van der Waals surface area contributed by atoms with Crippen LogP contribution in [0.1, 0.15) is 52.9 Å². The molecule has 2 N–H and O–H groups in total. The lowest BCUT2D eigenvalue weighted by atomic mass is 9.91. The summed E-state index contributed by atoms with van der Waals surface area (Å²) < 4.78 is 0. The van der Waals surface area contributed by atoms with Crippen LogP contribution < -0.4 is 5.73 Å². The predicted octanol–water partition coefficient (Wildman–Crippen LogP) is 1.61. The summed E-state index contributed by atoms with van der Waals surface area (Å²) in [6, 6.07) is 0.408. The highest BCUT2D eigenvalue weighted by molar-refractivity contribution is 5.89. The Morgan fingerprint density at radius 2 is 2.00 bits per heavy atom. The van der Waals surface area contributed by atoms with E-state index >= 15 is 0 Å². The van der Waals surface area contributed by atoms with Gasteiger partial charge in [0, 0.05) is 38.1 Å². The highest BCUT2D eigenvalue weighted by atomic mass is 16.2. The van der Waals surface area contributed by atoms with Gasteiger partial charge in [-0.1, -0.05) is 13.8 Å². The maximum absolute atomic E-state index is 12.8. The Morgan fingerprint density at radius 3 is 2.59 bits per heavy atom. The van der Waals surface area contributed by atoms with Gasteiger partial charge in [-0.2, -0.15) is 0 Å². The van der Waals surface area contributed by atoms with Crippen LogP contribution in [0.2, 0.25) is 0 Å². The molecule has 0 saturated carbocycles. The average Bonchev–Trinajstić information content (AvgIpc) is 2.90. The molecule has 3 unspecified atom stereocenters. The summed E-state index contributed by atoms with van der Waals surface area (Å²) in [7, 11) is 0. The fourth-order valence-corrected chi connectivity index (χ4v) is 3.88. The van der Waals surface area contributed by atoms with E-state index in [4.69, 9.17) is 5.73 Å². The Morgan fingerprint density at radius 1 is 1.32 bits per heavy atom. The van der Waals surface area contributed by atoms with E-state index < -0.39 is 0 Å². The Bertz CT molecular complexity index is 407. The second-order valence-electron chi connectivity index (χ2n) is 6.96. The van der Waals surface area contributed by atoms with Crippen molar-refractivity contribution in [3.8, 4) is 0 Å². The number of piperidine rings is 1. The van der Waals surface area contributed by atoms with Crippen LogP contribution in [0, 0.1) is 11.8 Å². The summed E-state index contributed by atoms with van der Waals surface area (Å²) >= 11 is 0. The van der Waals surface area contributed by atoms with Crippen molar-refractivity contribution in [2.24, 2.45) is 17.6 Å². The minimum atomic E-state index is -0.153. The van der Waals surface area contributed by atoms with Gasteiger partial charge >= 0.3 is 0 Å². The molecule has 5 heteroatoms. The molecule has 0 radical (unpaired) electrons. The molecule has 0 aromatic heterocycles. The van der Waals surface area contributed by atoms with E-state index in [0.717, 1.165) is 38.8 Å². The topological polar surface area (TPSA) is 66.6 Å². The lowest BCUT2D eigenvalue weighted by Crippen LogP contribution is -2.47. The molecule has 2 amide bonds. The number of amides is 2. The normalized spacial score (nSPS) is 27.6. The van der Waals surface area contributed by atoms with Gasteiger partial charge in [-0.25, -0.2) is 0 Å². The fraction of sp³-hybridized carbons (Fsp3) is 0.882. The second kappa shape index (κ2) is 7.44. The second-order valence-corrected chi connectivity index (χ2v) is 6.96. The van der Waals surface area contributed by atoms with Gasteiger partial charge in [-0.05, 0) is 38.5 Å². The van der Waals surface area contributed by atoms with Crippen LogP contribution in [0.25, 0.3) is 0 Å². The summed E-state index contributed by atoms with van der Waals surface area (Å²) in [5.74, 6) is 0.546. The number of carbonyl (C=O) groups is 2. The summed E-state index contributed by atoms with van der Waals surface area (Å²) in [5, 5.41) is 0. The van der Waals surface area contributed by atoms with Crippen LogP contribution >= 0.6 is 0 Å². The van der Waals surface area contributed by atoms with E-state index in [1.54, 1.807) is 0 Å². The van der Waals surface area contributed by atoms with Gasteiger partial charge < -0.3 is 15.5 Å². The van der Waals surface area contributed by atoms with E-state index in [0.29, 0.717) is 18.9 Å². The van der Waals surface area contributed by atoms with E-state index in [-0.39, 0.29) is 29.8 Å². The van der Waals surface area contributed by atoms with Gasteiger partial charge in [-0.15, -0.1) is 0 Å². The lowest BCUT2D eigenvalue weighted by Gasteiger charge is -2.36. The van der Waals surface area contributed by atoms with Crippen LogP contribution in [0.5, 0.6) is 0 Å². The van der Waals surface area contributed by atoms with Gasteiger partial charge in [0.05, 0.1) is 5.92 Å². The van der Waals surface area contributed by atoms with E-state index in [1.807, 2.05) is 16.7 Å². The Kier molecular flexibility index (Phi) is 5.84. The number of hydrogen-bond donors (Lipinski definition) is 1. The highest BCUT2D eigenvalue weighted by Crippen LogP contribution is 2.27. The van der Waals surface area contributed by atoms with Gasteiger partial charge in [0.15, 0.2) is 0 Å². The number of rotatable bonds is 5. The van der Waals surface area contributed by atoms with Gasteiger partial charge in [-0.3, -0.25) is 9.59 Å². The highest BCUT2D eigenvalue weighted by Gasteiger charge is 2.39. The van der Waals surface area contributed by atoms with Crippen molar-refractivity contribution in [2.75, 3.05) is 19.6 Å². The largest absolute Gasteiger partial charge is 0.342 e. The molecule has 22 heavy (non-hydrogen) atoms. The van der Waals surface area contributed by atoms with Crippen molar-refractivity contribution in [3.05, 3.63) is 0 Å². The lowest BCUT2D eigenvalue weighted by molar-refractivity contribution is -0.137. The first-order valence-corrected chi connectivity index (χ1v) is 8.81. The zero-order chi connectivity index (χ0) is 16.3. The molecule has 126 valence electrons. The molecule has 0 bridgehead atoms. The molecule has 3 atom stereocenters. The molecule has 2 heterocycles. The summed E-state index contributed by atoms with van der Waals surface area (Å²) in [6.45, 7) is 8.41. The van der Waals surface area contributed by atoms with Crippen molar-refractivity contribution < 1.29 is 9.59 Å². The molecular weight excluding hydrogens is 278 g/mol. The summed E-state index contributed by atoms with van der Waals surface area (Å²) in [5.41, 5.74) is 6.00. The van der Waals surface area contributed by atoms with Gasteiger partial charge in [0.2, 0.25) is 11.8 Å². The van der Waals surface area contributed by atoms with Crippen LogP contribution in [0.4, 0.5) is 0 Å². The summed E-state index contributed by atoms with van der Waals surface area (Å²) in [4.78, 5) is 28.9. The third-order valence-corrected chi connectivity index (χ3v) is 5.40. The van der Waals surface area contributed by atoms with E-state index in [2.05, 4.69) is 13.8 Å². The first-order valence-electron chi connectivity index (χ1n) is 8.81. The molecular formula is C17H31N3O2. The molecule has 0 aromatic rings. The first-order chi connectivity index (χ1) is 10.5. The van der Waals surface area contributed by atoms with E-state index in [1.165, 1.54) is 0 Å². The fourth-order valence-electron chi connectivity index (χ4n) is 3.88. The molecule has 2 aliphatic rings. The monoisotopic (exact) mass is 309 g/mol. The molecule has 2 fully saturated rings. The third kappa shape index (κ3) is 3.62. The van der Waals surface area contributed by atoms with Crippen molar-refractivity contribution >= 4 is 11.8 Å². The maximum atomic E-state index is 12.8. The van der Waals surface area contributed by atoms with Gasteiger partial charge in [0.25, 0.3) is 0 Å². The molecule has 2 rings (SSSR count). The first kappa shape index (κ1) is 17.3. The SMILES string of the molecule is CCC(CC)N1CC(C(=O)N2CCCC(C(C)N)C2)CC1=O. The molecule has 0 aromatic carbocycles. The quantitative estimate of drug-likeness (QED) is 0.839. The predicted molar refractivity (Wildman–Crippen MR) is 87.1 cm³/mol. The van der Waals surface area contributed by atoms with Crippen molar-refractivity contribution in [2.45, 2.75) is 65.0 Å². The average molecular weight is 309 g/mol. The van der Waals surface area contributed by atoms with Crippen molar-refractivity contribution in [1.82, 2.24) is 9.80 Å². The van der Waals surface area contributed by atoms with Crippen LogP contribution in [0.3, 0.4) is 0 Å². The number of nitrogens with two attached hydrogens (primary N) is 1. The molecule has 0 spiro atoms. The Hall–Kier alpha value is -1.10. The maximum Gasteiger partial charge on any atom is 0.228 e. The van der Waals surface area contributed by atoms with E-state index in [9.17, 15) is 9.59 Å². The number of likely N-dealkylation sites (tertiary alicyclic amines) is 2. The van der Waals surface area contributed by atoms with Crippen molar-refractivity contribution in [3.63, 3.8) is 0 Å².